The van der Waals surface area contributed by atoms with Gasteiger partial charge in [0.1, 0.15) is 0 Å². The van der Waals surface area contributed by atoms with Crippen molar-refractivity contribution in [3.63, 3.8) is 0 Å². The molecule has 104 valence electrons. The molecule has 0 aromatic carbocycles. The Hall–Kier alpha value is -2.57. The molecular weight excluding hydrogens is 258 g/mol. The van der Waals surface area contributed by atoms with Crippen molar-refractivity contribution in [1.29, 1.82) is 0 Å². The highest BCUT2D eigenvalue weighted by molar-refractivity contribution is 5.86. The zero-order valence-corrected chi connectivity index (χ0v) is 11.1. The van der Waals surface area contributed by atoms with Crippen LogP contribution in [0, 0.1) is 0 Å². The van der Waals surface area contributed by atoms with E-state index in [1.807, 2.05) is 19.1 Å². The third kappa shape index (κ3) is 3.98. The van der Waals surface area contributed by atoms with Gasteiger partial charge in [0.15, 0.2) is 12.4 Å². The second-order valence-corrected chi connectivity index (χ2v) is 4.01. The third-order valence-corrected chi connectivity index (χ3v) is 2.46. The Labute approximate surface area is 116 Å². The number of aryl methyl sites for hydroxylation is 1. The summed E-state index contributed by atoms with van der Waals surface area (Å²) in [6, 6.07) is 5.45. The van der Waals surface area contributed by atoms with Crippen LogP contribution in [0.15, 0.2) is 30.5 Å². The van der Waals surface area contributed by atoms with Gasteiger partial charge < -0.3 is 4.74 Å². The number of aromatic nitrogens is 5. The lowest BCUT2D eigenvalue weighted by Crippen LogP contribution is -2.09. The molecule has 2 aromatic heterocycles. The maximum absolute atomic E-state index is 11.6. The largest absolute Gasteiger partial charge is 0.454 e. The molecule has 7 nitrogen and oxygen atoms in total. The molecule has 0 aliphatic heterocycles. The van der Waals surface area contributed by atoms with Crippen LogP contribution in [0.2, 0.25) is 0 Å². The van der Waals surface area contributed by atoms with Gasteiger partial charge in [-0.25, -0.2) is 9.48 Å². The number of carbonyl (C=O) groups is 1. The Morgan fingerprint density at radius 1 is 1.45 bits per heavy atom. The number of nitrogens with zero attached hydrogens (tertiary/aromatic N) is 5. The molecule has 20 heavy (non-hydrogen) atoms. The van der Waals surface area contributed by atoms with Crippen molar-refractivity contribution in [2.75, 3.05) is 0 Å². The highest BCUT2D eigenvalue weighted by Crippen LogP contribution is 2.00. The van der Waals surface area contributed by atoms with Gasteiger partial charge in [-0.2, -0.15) is 0 Å². The highest BCUT2D eigenvalue weighted by atomic mass is 16.5. The highest BCUT2D eigenvalue weighted by Gasteiger charge is 2.07. The quantitative estimate of drug-likeness (QED) is 0.581. The number of pyridine rings is 1. The SMILES string of the molecule is CCCn1nnnc1COC(=O)/C=C/c1ccccn1. The van der Waals surface area contributed by atoms with Crippen molar-refractivity contribution < 1.29 is 9.53 Å². The van der Waals surface area contributed by atoms with Gasteiger partial charge in [-0.1, -0.05) is 13.0 Å². The van der Waals surface area contributed by atoms with Gasteiger partial charge in [-0.3, -0.25) is 4.98 Å². The maximum Gasteiger partial charge on any atom is 0.331 e. The molecule has 0 atom stereocenters. The average Bonchev–Trinajstić information content (AvgIpc) is 2.92. The minimum atomic E-state index is -0.457. The Bertz CT molecular complexity index is 579. The fourth-order valence-corrected chi connectivity index (χ4v) is 1.52. The van der Waals surface area contributed by atoms with Crippen LogP contribution in [0.4, 0.5) is 0 Å². The standard InChI is InChI=1S/C13H15N5O2/c1-2-9-18-12(15-16-17-18)10-20-13(19)7-6-11-5-3-4-8-14-11/h3-8H,2,9-10H2,1H3/b7-6+. The fourth-order valence-electron chi connectivity index (χ4n) is 1.52. The van der Waals surface area contributed by atoms with Crippen LogP contribution < -0.4 is 0 Å². The maximum atomic E-state index is 11.6. The lowest BCUT2D eigenvalue weighted by atomic mass is 10.3. The summed E-state index contributed by atoms with van der Waals surface area (Å²) >= 11 is 0. The lowest BCUT2D eigenvalue weighted by molar-refractivity contribution is -0.139. The topological polar surface area (TPSA) is 82.8 Å². The average molecular weight is 273 g/mol. The molecule has 0 amide bonds. The summed E-state index contributed by atoms with van der Waals surface area (Å²) in [5.74, 6) is 0.0770. The molecule has 0 radical (unpaired) electrons. The molecule has 0 N–H and O–H groups in total. The van der Waals surface area contributed by atoms with E-state index in [0.29, 0.717) is 18.1 Å². The minimum Gasteiger partial charge on any atom is -0.454 e. The van der Waals surface area contributed by atoms with E-state index in [0.717, 1.165) is 6.42 Å². The number of carbonyl (C=O) groups excluding carboxylic acids is 1. The van der Waals surface area contributed by atoms with Gasteiger partial charge in [0.25, 0.3) is 0 Å². The normalized spacial score (nSPS) is 10.8. The van der Waals surface area contributed by atoms with Crippen LogP contribution in [0.3, 0.4) is 0 Å². The van der Waals surface area contributed by atoms with Crippen LogP contribution in [-0.4, -0.2) is 31.2 Å². The Kier molecular flexibility index (Phi) is 4.94. The summed E-state index contributed by atoms with van der Waals surface area (Å²) in [5.41, 5.74) is 0.695. The molecule has 0 unspecified atom stereocenters. The summed E-state index contributed by atoms with van der Waals surface area (Å²) in [7, 11) is 0. The van der Waals surface area contributed by atoms with E-state index < -0.39 is 5.97 Å². The van der Waals surface area contributed by atoms with Crippen LogP contribution in [-0.2, 0) is 22.7 Å². The predicted molar refractivity (Wildman–Crippen MR) is 71.2 cm³/mol. The number of hydrogen-bond donors (Lipinski definition) is 0. The summed E-state index contributed by atoms with van der Waals surface area (Å²) in [4.78, 5) is 15.6. The van der Waals surface area contributed by atoms with Crippen molar-refractivity contribution in [2.45, 2.75) is 26.5 Å². The summed E-state index contributed by atoms with van der Waals surface area (Å²) in [6.07, 6.45) is 5.49. The molecular formula is C13H15N5O2. The van der Waals surface area contributed by atoms with Gasteiger partial charge in [-0.15, -0.1) is 5.10 Å². The summed E-state index contributed by atoms with van der Waals surface area (Å²) < 4.78 is 6.70. The number of ether oxygens (including phenoxy) is 1. The van der Waals surface area contributed by atoms with E-state index in [9.17, 15) is 4.79 Å². The fraction of sp³-hybridized carbons (Fsp3) is 0.308. The molecule has 0 aliphatic rings. The Balaban J connectivity index is 1.86. The van der Waals surface area contributed by atoms with E-state index in [-0.39, 0.29) is 6.61 Å². The lowest BCUT2D eigenvalue weighted by Gasteiger charge is -2.02. The van der Waals surface area contributed by atoms with E-state index in [4.69, 9.17) is 4.74 Å². The first-order chi connectivity index (χ1) is 9.79. The zero-order chi connectivity index (χ0) is 14.2. The second-order valence-electron chi connectivity index (χ2n) is 4.01. The number of rotatable bonds is 6. The first-order valence-electron chi connectivity index (χ1n) is 6.30. The second kappa shape index (κ2) is 7.13. The van der Waals surface area contributed by atoms with E-state index in [1.165, 1.54) is 6.08 Å². The molecule has 2 rings (SSSR count). The summed E-state index contributed by atoms with van der Waals surface area (Å²) in [6.45, 7) is 2.77. The number of esters is 1. The first kappa shape index (κ1) is 13.9. The van der Waals surface area contributed by atoms with Crippen LogP contribution in [0.1, 0.15) is 24.9 Å². The zero-order valence-electron chi connectivity index (χ0n) is 11.1. The third-order valence-electron chi connectivity index (χ3n) is 2.46. The molecule has 2 heterocycles. The molecule has 0 saturated heterocycles. The van der Waals surface area contributed by atoms with Crippen molar-refractivity contribution in [3.05, 3.63) is 42.0 Å². The molecule has 0 spiro atoms. The number of tetrazole rings is 1. The van der Waals surface area contributed by atoms with Crippen molar-refractivity contribution in [2.24, 2.45) is 0 Å². The Morgan fingerprint density at radius 2 is 2.35 bits per heavy atom. The molecule has 0 aliphatic carbocycles. The van der Waals surface area contributed by atoms with Gasteiger partial charge in [0, 0.05) is 18.8 Å². The van der Waals surface area contributed by atoms with Crippen molar-refractivity contribution >= 4 is 12.0 Å². The number of hydrogen-bond acceptors (Lipinski definition) is 6. The van der Waals surface area contributed by atoms with Crippen molar-refractivity contribution in [3.8, 4) is 0 Å². The van der Waals surface area contributed by atoms with Gasteiger partial charge >= 0.3 is 5.97 Å². The van der Waals surface area contributed by atoms with Crippen molar-refractivity contribution in [1.82, 2.24) is 25.2 Å². The molecule has 0 bridgehead atoms. The van der Waals surface area contributed by atoms with E-state index >= 15 is 0 Å². The van der Waals surface area contributed by atoms with Gasteiger partial charge in [-0.05, 0) is 35.1 Å². The summed E-state index contributed by atoms with van der Waals surface area (Å²) in [5, 5.41) is 11.2. The Morgan fingerprint density at radius 3 is 3.10 bits per heavy atom. The molecule has 7 heteroatoms. The smallest absolute Gasteiger partial charge is 0.331 e. The monoisotopic (exact) mass is 273 g/mol. The first-order valence-corrected chi connectivity index (χ1v) is 6.30. The van der Waals surface area contributed by atoms with Gasteiger partial charge in [0.2, 0.25) is 0 Å². The molecule has 2 aromatic rings. The van der Waals surface area contributed by atoms with Crippen LogP contribution in [0.5, 0.6) is 0 Å². The van der Waals surface area contributed by atoms with Gasteiger partial charge in [0.05, 0.1) is 5.69 Å². The molecule has 0 saturated carbocycles. The van der Waals surface area contributed by atoms with E-state index in [2.05, 4.69) is 20.5 Å². The van der Waals surface area contributed by atoms with Crippen LogP contribution >= 0.6 is 0 Å². The minimum absolute atomic E-state index is 0.0540. The van der Waals surface area contributed by atoms with E-state index in [1.54, 1.807) is 23.0 Å². The van der Waals surface area contributed by atoms with Crippen LogP contribution in [0.25, 0.3) is 6.08 Å². The molecule has 0 fully saturated rings. The predicted octanol–water partition coefficient (Wildman–Crippen LogP) is 1.23.